The van der Waals surface area contributed by atoms with Crippen LogP contribution in [0.3, 0.4) is 0 Å². The Bertz CT molecular complexity index is 1180. The lowest BCUT2D eigenvalue weighted by Gasteiger charge is -2.22. The van der Waals surface area contributed by atoms with Gasteiger partial charge in [0.05, 0.1) is 11.4 Å². The van der Waals surface area contributed by atoms with Crippen LogP contribution in [-0.2, 0) is 0 Å². The molecule has 0 aliphatic rings. The second kappa shape index (κ2) is 10.8. The van der Waals surface area contributed by atoms with Crippen LogP contribution in [0.25, 0.3) is 23.5 Å². The zero-order chi connectivity index (χ0) is 22.9. The number of hydrogen-bond donors (Lipinski definition) is 0. The van der Waals surface area contributed by atoms with E-state index in [0.29, 0.717) is 11.6 Å². The van der Waals surface area contributed by atoms with Crippen LogP contribution in [0.2, 0.25) is 0 Å². The van der Waals surface area contributed by atoms with Gasteiger partial charge in [-0.05, 0) is 52.0 Å². The first-order chi connectivity index (χ1) is 16.2. The Balaban J connectivity index is 1.34. The summed E-state index contributed by atoms with van der Waals surface area (Å²) in [6, 6.07) is 19.7. The van der Waals surface area contributed by atoms with Crippen LogP contribution in [0, 0.1) is 0 Å². The zero-order valence-corrected chi connectivity index (χ0v) is 18.7. The molecule has 0 atom stereocenters. The Morgan fingerprint density at radius 3 is 1.76 bits per heavy atom. The molecular formula is C23H26N10. The van der Waals surface area contributed by atoms with Gasteiger partial charge in [0, 0.05) is 51.2 Å². The topological polar surface area (TPSA) is 93.7 Å². The van der Waals surface area contributed by atoms with Crippen LogP contribution in [0.15, 0.2) is 73.1 Å². The third-order valence-corrected chi connectivity index (χ3v) is 5.05. The molecule has 0 spiro atoms. The van der Waals surface area contributed by atoms with E-state index in [-0.39, 0.29) is 0 Å². The molecule has 2 aromatic carbocycles. The molecule has 0 fully saturated rings. The maximum absolute atomic E-state index is 4.13. The van der Waals surface area contributed by atoms with Crippen molar-refractivity contribution in [2.75, 3.05) is 26.7 Å². The third kappa shape index (κ3) is 5.67. The molecule has 0 saturated heterocycles. The number of rotatable bonds is 10. The number of para-hydroxylation sites is 2. The van der Waals surface area contributed by atoms with Gasteiger partial charge in [0.25, 0.3) is 0 Å². The Labute approximate surface area is 192 Å². The molecule has 0 aliphatic carbocycles. The summed E-state index contributed by atoms with van der Waals surface area (Å²) < 4.78 is 3.43. The molecule has 0 unspecified atom stereocenters. The van der Waals surface area contributed by atoms with E-state index in [4.69, 9.17) is 0 Å². The molecule has 0 radical (unpaired) electrons. The second-order valence-electron chi connectivity index (χ2n) is 7.31. The fourth-order valence-electron chi connectivity index (χ4n) is 3.17. The lowest BCUT2D eigenvalue weighted by molar-refractivity contribution is 0.337. The number of aromatic nitrogens is 8. The van der Waals surface area contributed by atoms with E-state index in [0.717, 1.165) is 31.0 Å². The van der Waals surface area contributed by atoms with Gasteiger partial charge in [-0.1, -0.05) is 36.4 Å². The molecule has 2 aromatic heterocycles. The molecule has 0 amide bonds. The molecule has 0 bridgehead atoms. The van der Waals surface area contributed by atoms with Crippen molar-refractivity contribution in [2.45, 2.75) is 6.92 Å². The summed E-state index contributed by atoms with van der Waals surface area (Å²) in [5.74, 6) is 1.36. The average molecular weight is 443 g/mol. The molecule has 33 heavy (non-hydrogen) atoms. The van der Waals surface area contributed by atoms with Crippen molar-refractivity contribution in [2.24, 2.45) is 0 Å². The minimum atomic E-state index is 0.674. The van der Waals surface area contributed by atoms with E-state index < -0.39 is 0 Å². The Hall–Kier alpha value is -4.34. The van der Waals surface area contributed by atoms with E-state index in [9.17, 15) is 0 Å². The third-order valence-electron chi connectivity index (χ3n) is 5.05. The molecule has 4 aromatic rings. The fourth-order valence-corrected chi connectivity index (χ4v) is 3.17. The zero-order valence-electron chi connectivity index (χ0n) is 18.7. The largest absolute Gasteiger partial charge is 0.379 e. The quantitative estimate of drug-likeness (QED) is 0.370. The predicted octanol–water partition coefficient (Wildman–Crippen LogP) is 2.53. The normalized spacial score (nSPS) is 11.5. The van der Waals surface area contributed by atoms with Crippen molar-refractivity contribution in [3.8, 4) is 11.4 Å². The van der Waals surface area contributed by atoms with E-state index in [1.807, 2.05) is 92.3 Å². The van der Waals surface area contributed by atoms with Crippen LogP contribution >= 0.6 is 0 Å². The molecule has 0 saturated carbocycles. The van der Waals surface area contributed by atoms with Gasteiger partial charge < -0.3 is 9.80 Å². The lowest BCUT2D eigenvalue weighted by atomic mass is 10.3. The van der Waals surface area contributed by atoms with Crippen LogP contribution in [0.1, 0.15) is 18.6 Å². The van der Waals surface area contributed by atoms with Gasteiger partial charge in [0.1, 0.15) is 0 Å². The minimum absolute atomic E-state index is 0.674. The molecular weight excluding hydrogens is 416 g/mol. The summed E-state index contributed by atoms with van der Waals surface area (Å²) in [6.07, 6.45) is 7.85. The smallest absolute Gasteiger partial charge is 0.181 e. The minimum Gasteiger partial charge on any atom is -0.379 e. The van der Waals surface area contributed by atoms with Gasteiger partial charge >= 0.3 is 0 Å². The first-order valence-corrected chi connectivity index (χ1v) is 10.7. The van der Waals surface area contributed by atoms with Crippen molar-refractivity contribution in [3.05, 3.63) is 84.7 Å². The Kier molecular flexibility index (Phi) is 7.16. The number of tetrazole rings is 2. The summed E-state index contributed by atoms with van der Waals surface area (Å²) in [5.41, 5.74) is 1.85. The van der Waals surface area contributed by atoms with Crippen molar-refractivity contribution in [3.63, 3.8) is 0 Å². The SMILES string of the molecule is CCN(C=Cc1nnnn1-c1ccccc1)CCN(C)C=Cc1nnnn1-c1ccccc1. The summed E-state index contributed by atoms with van der Waals surface area (Å²) in [5, 5.41) is 24.0. The van der Waals surface area contributed by atoms with E-state index in [1.54, 1.807) is 9.36 Å². The van der Waals surface area contributed by atoms with Crippen LogP contribution < -0.4 is 0 Å². The summed E-state index contributed by atoms with van der Waals surface area (Å²) in [6.45, 7) is 4.65. The van der Waals surface area contributed by atoms with E-state index in [1.165, 1.54) is 0 Å². The Morgan fingerprint density at radius 1 is 0.727 bits per heavy atom. The molecule has 10 heteroatoms. The van der Waals surface area contributed by atoms with Gasteiger partial charge in [-0.25, -0.2) is 0 Å². The van der Waals surface area contributed by atoms with Crippen molar-refractivity contribution in [1.82, 2.24) is 50.2 Å². The summed E-state index contributed by atoms with van der Waals surface area (Å²) in [4.78, 5) is 4.32. The monoisotopic (exact) mass is 442 g/mol. The number of nitrogens with zero attached hydrogens (tertiary/aromatic N) is 10. The molecule has 0 N–H and O–H groups in total. The highest BCUT2D eigenvalue weighted by atomic mass is 15.5. The lowest BCUT2D eigenvalue weighted by Crippen LogP contribution is -2.27. The summed E-state index contributed by atoms with van der Waals surface area (Å²) >= 11 is 0. The standard InChI is InChI=1S/C23H26N10/c1-3-31(17-15-23-25-27-29-33(23)21-12-8-5-9-13-21)19-18-30(2)16-14-22-24-26-28-32(22)20-10-6-4-7-11-20/h4-17H,3,18-19H2,1-2H3. The molecule has 168 valence electrons. The van der Waals surface area contributed by atoms with Crippen molar-refractivity contribution >= 4 is 12.2 Å². The van der Waals surface area contributed by atoms with Crippen molar-refractivity contribution in [1.29, 1.82) is 0 Å². The van der Waals surface area contributed by atoms with Crippen LogP contribution in [0.5, 0.6) is 0 Å². The van der Waals surface area contributed by atoms with Gasteiger partial charge in [0.15, 0.2) is 11.6 Å². The maximum atomic E-state index is 4.13. The predicted molar refractivity (Wildman–Crippen MR) is 126 cm³/mol. The van der Waals surface area contributed by atoms with E-state index in [2.05, 4.69) is 47.8 Å². The first kappa shape index (κ1) is 21.9. The molecule has 4 rings (SSSR count). The van der Waals surface area contributed by atoms with Gasteiger partial charge in [-0.3, -0.25) is 0 Å². The number of benzene rings is 2. The molecule has 10 nitrogen and oxygen atoms in total. The van der Waals surface area contributed by atoms with Crippen LogP contribution in [0.4, 0.5) is 0 Å². The first-order valence-electron chi connectivity index (χ1n) is 10.7. The van der Waals surface area contributed by atoms with Crippen molar-refractivity contribution < 1.29 is 0 Å². The van der Waals surface area contributed by atoms with E-state index >= 15 is 0 Å². The highest BCUT2D eigenvalue weighted by Gasteiger charge is 2.07. The second-order valence-corrected chi connectivity index (χ2v) is 7.31. The maximum Gasteiger partial charge on any atom is 0.181 e. The Morgan fingerprint density at radius 2 is 1.24 bits per heavy atom. The van der Waals surface area contributed by atoms with Gasteiger partial charge in [-0.2, -0.15) is 9.36 Å². The average Bonchev–Trinajstić information content (AvgIpc) is 3.53. The highest BCUT2D eigenvalue weighted by Crippen LogP contribution is 2.10. The highest BCUT2D eigenvalue weighted by molar-refractivity contribution is 5.44. The van der Waals surface area contributed by atoms with Gasteiger partial charge in [0.2, 0.25) is 0 Å². The molecule has 2 heterocycles. The summed E-state index contributed by atoms with van der Waals surface area (Å²) in [7, 11) is 2.03. The number of likely N-dealkylation sites (N-methyl/N-ethyl adjacent to an activating group) is 2. The fraction of sp³-hybridized carbons (Fsp3) is 0.217. The van der Waals surface area contributed by atoms with Crippen LogP contribution in [-0.4, -0.2) is 76.9 Å². The van der Waals surface area contributed by atoms with Gasteiger partial charge in [-0.15, -0.1) is 10.2 Å². The number of hydrogen-bond acceptors (Lipinski definition) is 8. The molecule has 0 aliphatic heterocycles.